The SMILES string of the molecule is CC/C=C(/CC/C=C(\C)CC)C(CC(=O)OCCOC)C(=O)O. The molecular formula is C18H30O5. The second-order valence-electron chi connectivity index (χ2n) is 5.44. The number of carbonyl (C=O) groups excluding carboxylic acids is 1. The zero-order valence-electron chi connectivity index (χ0n) is 14.8. The molecule has 5 nitrogen and oxygen atoms in total. The smallest absolute Gasteiger partial charge is 0.311 e. The van der Waals surface area contributed by atoms with E-state index in [4.69, 9.17) is 9.47 Å². The molecule has 0 saturated carbocycles. The van der Waals surface area contributed by atoms with Crippen LogP contribution in [-0.2, 0) is 19.1 Å². The van der Waals surface area contributed by atoms with E-state index in [0.29, 0.717) is 13.0 Å². The number of esters is 1. The number of allylic oxidation sites excluding steroid dienone is 3. The fraction of sp³-hybridized carbons (Fsp3) is 0.667. The Morgan fingerprint density at radius 2 is 1.87 bits per heavy atom. The number of ether oxygens (including phenoxy) is 2. The van der Waals surface area contributed by atoms with E-state index in [0.717, 1.165) is 24.8 Å². The molecule has 1 unspecified atom stereocenters. The predicted molar refractivity (Wildman–Crippen MR) is 90.2 cm³/mol. The molecule has 0 aromatic carbocycles. The van der Waals surface area contributed by atoms with Gasteiger partial charge in [-0.1, -0.05) is 37.1 Å². The standard InChI is InChI=1S/C18H30O5/c1-5-8-15(10-7-9-14(3)6-2)16(18(20)21)13-17(19)23-12-11-22-4/h8-9,16H,5-7,10-13H2,1-4H3,(H,20,21)/b14-9+,15-8-. The monoisotopic (exact) mass is 326 g/mol. The van der Waals surface area contributed by atoms with E-state index in [1.807, 2.05) is 13.0 Å². The van der Waals surface area contributed by atoms with Crippen molar-refractivity contribution in [1.29, 1.82) is 0 Å². The molecule has 0 aromatic rings. The third kappa shape index (κ3) is 9.89. The Kier molecular flexibility index (Phi) is 12.0. The summed E-state index contributed by atoms with van der Waals surface area (Å²) in [6.45, 7) is 6.56. The number of hydrogen-bond acceptors (Lipinski definition) is 4. The van der Waals surface area contributed by atoms with E-state index in [1.54, 1.807) is 0 Å². The van der Waals surface area contributed by atoms with Gasteiger partial charge in [-0.15, -0.1) is 0 Å². The van der Waals surface area contributed by atoms with Gasteiger partial charge >= 0.3 is 11.9 Å². The molecule has 23 heavy (non-hydrogen) atoms. The van der Waals surface area contributed by atoms with Gasteiger partial charge in [-0.2, -0.15) is 0 Å². The van der Waals surface area contributed by atoms with Gasteiger partial charge in [0.05, 0.1) is 18.9 Å². The molecule has 0 heterocycles. The zero-order valence-corrected chi connectivity index (χ0v) is 14.8. The van der Waals surface area contributed by atoms with Gasteiger partial charge in [0, 0.05) is 7.11 Å². The average molecular weight is 326 g/mol. The third-order valence-corrected chi connectivity index (χ3v) is 3.62. The van der Waals surface area contributed by atoms with Gasteiger partial charge in [-0.3, -0.25) is 9.59 Å². The lowest BCUT2D eigenvalue weighted by molar-refractivity contribution is -0.151. The molecule has 0 saturated heterocycles. The molecule has 0 rings (SSSR count). The molecule has 0 aliphatic rings. The van der Waals surface area contributed by atoms with Crippen LogP contribution in [0.5, 0.6) is 0 Å². The van der Waals surface area contributed by atoms with Crippen molar-refractivity contribution in [1.82, 2.24) is 0 Å². The summed E-state index contributed by atoms with van der Waals surface area (Å²) in [5, 5.41) is 9.46. The summed E-state index contributed by atoms with van der Waals surface area (Å²) in [6, 6.07) is 0. The number of carboxylic acids is 1. The lowest BCUT2D eigenvalue weighted by Crippen LogP contribution is -2.22. The fourth-order valence-corrected chi connectivity index (χ4v) is 2.15. The zero-order chi connectivity index (χ0) is 17.7. The molecule has 0 radical (unpaired) electrons. The summed E-state index contributed by atoms with van der Waals surface area (Å²) in [6.07, 6.45) is 7.06. The van der Waals surface area contributed by atoms with Crippen LogP contribution in [0.3, 0.4) is 0 Å². The van der Waals surface area contributed by atoms with Crippen LogP contribution in [0.2, 0.25) is 0 Å². The number of carbonyl (C=O) groups is 2. The van der Waals surface area contributed by atoms with E-state index in [-0.39, 0.29) is 13.0 Å². The summed E-state index contributed by atoms with van der Waals surface area (Å²) in [5.74, 6) is -2.30. The van der Waals surface area contributed by atoms with Gasteiger partial charge in [0.1, 0.15) is 6.61 Å². The Morgan fingerprint density at radius 1 is 1.17 bits per heavy atom. The summed E-state index contributed by atoms with van der Waals surface area (Å²) in [7, 11) is 1.52. The number of rotatable bonds is 12. The highest BCUT2D eigenvalue weighted by molar-refractivity contribution is 5.81. The minimum Gasteiger partial charge on any atom is -0.481 e. The molecule has 0 aliphatic heterocycles. The van der Waals surface area contributed by atoms with Gasteiger partial charge < -0.3 is 14.6 Å². The van der Waals surface area contributed by atoms with Crippen molar-refractivity contribution in [2.45, 2.75) is 52.9 Å². The molecule has 1 atom stereocenters. The molecule has 1 N–H and O–H groups in total. The van der Waals surface area contributed by atoms with Crippen molar-refractivity contribution in [2.24, 2.45) is 5.92 Å². The minimum absolute atomic E-state index is 0.138. The Morgan fingerprint density at radius 3 is 2.39 bits per heavy atom. The maximum atomic E-state index is 11.8. The predicted octanol–water partition coefficient (Wildman–Crippen LogP) is 3.74. The molecular weight excluding hydrogens is 296 g/mol. The Bertz CT molecular complexity index is 423. The molecule has 0 fully saturated rings. The third-order valence-electron chi connectivity index (χ3n) is 3.62. The van der Waals surface area contributed by atoms with Crippen LogP contribution in [0.1, 0.15) is 52.9 Å². The van der Waals surface area contributed by atoms with Crippen molar-refractivity contribution in [2.75, 3.05) is 20.3 Å². The van der Waals surface area contributed by atoms with Crippen LogP contribution in [0, 0.1) is 5.92 Å². The van der Waals surface area contributed by atoms with E-state index in [9.17, 15) is 14.7 Å². The highest BCUT2D eigenvalue weighted by atomic mass is 16.6. The van der Waals surface area contributed by atoms with E-state index < -0.39 is 17.9 Å². The van der Waals surface area contributed by atoms with E-state index in [2.05, 4.69) is 19.9 Å². The van der Waals surface area contributed by atoms with E-state index in [1.165, 1.54) is 12.7 Å². The molecule has 132 valence electrons. The van der Waals surface area contributed by atoms with Gasteiger partial charge in [0.15, 0.2) is 0 Å². The van der Waals surface area contributed by atoms with Gasteiger partial charge in [0.25, 0.3) is 0 Å². The maximum absolute atomic E-state index is 11.8. The summed E-state index contributed by atoms with van der Waals surface area (Å²) in [5.41, 5.74) is 2.08. The summed E-state index contributed by atoms with van der Waals surface area (Å²) < 4.78 is 9.79. The van der Waals surface area contributed by atoms with Crippen LogP contribution < -0.4 is 0 Å². The molecule has 0 aliphatic carbocycles. The second kappa shape index (κ2) is 12.9. The molecule has 0 bridgehead atoms. The lowest BCUT2D eigenvalue weighted by atomic mass is 9.91. The van der Waals surface area contributed by atoms with Crippen molar-refractivity contribution >= 4 is 11.9 Å². The van der Waals surface area contributed by atoms with Crippen molar-refractivity contribution in [3.63, 3.8) is 0 Å². The maximum Gasteiger partial charge on any atom is 0.311 e. The van der Waals surface area contributed by atoms with Gasteiger partial charge in [-0.05, 0) is 32.6 Å². The molecule has 0 spiro atoms. The first-order valence-electron chi connectivity index (χ1n) is 8.18. The highest BCUT2D eigenvalue weighted by Gasteiger charge is 2.25. The normalized spacial score (nSPS) is 13.7. The van der Waals surface area contributed by atoms with E-state index >= 15 is 0 Å². The topological polar surface area (TPSA) is 72.8 Å². The average Bonchev–Trinajstić information content (AvgIpc) is 2.51. The first-order valence-corrected chi connectivity index (χ1v) is 8.18. The first-order chi connectivity index (χ1) is 11.0. The largest absolute Gasteiger partial charge is 0.481 e. The van der Waals surface area contributed by atoms with Crippen molar-refractivity contribution < 1.29 is 24.2 Å². The Labute approximate surface area is 139 Å². The van der Waals surface area contributed by atoms with Crippen molar-refractivity contribution in [3.05, 3.63) is 23.3 Å². The van der Waals surface area contributed by atoms with Crippen LogP contribution in [0.4, 0.5) is 0 Å². The number of carboxylic acid groups (broad SMARTS) is 1. The summed E-state index contributed by atoms with van der Waals surface area (Å²) in [4.78, 5) is 23.3. The van der Waals surface area contributed by atoms with Gasteiger partial charge in [0.2, 0.25) is 0 Å². The van der Waals surface area contributed by atoms with Crippen LogP contribution in [-0.4, -0.2) is 37.4 Å². The Balaban J connectivity index is 4.80. The second-order valence-corrected chi connectivity index (χ2v) is 5.44. The van der Waals surface area contributed by atoms with Crippen molar-refractivity contribution in [3.8, 4) is 0 Å². The number of aliphatic carboxylic acids is 1. The van der Waals surface area contributed by atoms with Crippen LogP contribution >= 0.6 is 0 Å². The van der Waals surface area contributed by atoms with Crippen LogP contribution in [0.25, 0.3) is 0 Å². The lowest BCUT2D eigenvalue weighted by Gasteiger charge is -2.16. The molecule has 5 heteroatoms. The van der Waals surface area contributed by atoms with Gasteiger partial charge in [-0.25, -0.2) is 0 Å². The fourth-order valence-electron chi connectivity index (χ4n) is 2.15. The molecule has 0 amide bonds. The Hall–Kier alpha value is -1.62. The number of hydrogen-bond donors (Lipinski definition) is 1. The number of methoxy groups -OCH3 is 1. The highest BCUT2D eigenvalue weighted by Crippen LogP contribution is 2.23. The quantitative estimate of drug-likeness (QED) is 0.336. The first kappa shape index (κ1) is 21.4. The summed E-state index contributed by atoms with van der Waals surface area (Å²) >= 11 is 0. The van der Waals surface area contributed by atoms with Crippen LogP contribution in [0.15, 0.2) is 23.3 Å². The molecule has 0 aromatic heterocycles. The minimum atomic E-state index is -0.982.